The predicted molar refractivity (Wildman–Crippen MR) is 60.6 cm³/mol. The van der Waals surface area contributed by atoms with Crippen molar-refractivity contribution < 1.29 is 9.90 Å². The average molecular weight is 235 g/mol. The molecular weight excluding hydrogens is 218 g/mol. The summed E-state index contributed by atoms with van der Waals surface area (Å²) in [7, 11) is 0. The quantitative estimate of drug-likeness (QED) is 0.741. The first-order valence-electron chi connectivity index (χ1n) is 6.33. The first-order chi connectivity index (χ1) is 8.28. The van der Waals surface area contributed by atoms with Crippen molar-refractivity contribution in [3.05, 3.63) is 11.4 Å². The molecule has 1 atom stereocenters. The van der Waals surface area contributed by atoms with Gasteiger partial charge in [0.2, 0.25) is 0 Å². The highest BCUT2D eigenvalue weighted by Crippen LogP contribution is 2.35. The van der Waals surface area contributed by atoms with E-state index in [1.54, 1.807) is 4.68 Å². The van der Waals surface area contributed by atoms with E-state index in [1.807, 2.05) is 0 Å². The van der Waals surface area contributed by atoms with Crippen LogP contribution in [0.15, 0.2) is 0 Å². The summed E-state index contributed by atoms with van der Waals surface area (Å²) in [5.74, 6) is 1.11. The van der Waals surface area contributed by atoms with Crippen LogP contribution in [0.4, 0.5) is 0 Å². The van der Waals surface area contributed by atoms with Gasteiger partial charge in [-0.2, -0.15) is 0 Å². The van der Waals surface area contributed by atoms with Gasteiger partial charge in [-0.05, 0) is 43.9 Å². The molecule has 3 rings (SSSR count). The number of hydrogen-bond acceptors (Lipinski definition) is 4. The van der Waals surface area contributed by atoms with Gasteiger partial charge < -0.3 is 5.11 Å². The number of aromatic nitrogens is 3. The normalized spacial score (nSPS) is 21.5. The molecule has 1 aromatic heterocycles. The van der Waals surface area contributed by atoms with E-state index in [-0.39, 0.29) is 6.10 Å². The number of aliphatic hydroxyl groups excluding tert-OH is 1. The summed E-state index contributed by atoms with van der Waals surface area (Å²) in [5, 5.41) is 17.8. The second kappa shape index (κ2) is 4.22. The fourth-order valence-electron chi connectivity index (χ4n) is 2.20. The lowest BCUT2D eigenvalue weighted by Gasteiger charge is -2.11. The summed E-state index contributed by atoms with van der Waals surface area (Å²) in [5.41, 5.74) is 1.35. The number of carbonyl (C=O) groups is 1. The molecule has 0 radical (unpaired) electrons. The van der Waals surface area contributed by atoms with Crippen LogP contribution in [0.5, 0.6) is 0 Å². The molecule has 1 N–H and O–H groups in total. The molecule has 2 aliphatic rings. The molecule has 2 saturated carbocycles. The number of aliphatic hydroxyl groups is 1. The monoisotopic (exact) mass is 235 g/mol. The van der Waals surface area contributed by atoms with Gasteiger partial charge in [0.1, 0.15) is 5.69 Å². The summed E-state index contributed by atoms with van der Waals surface area (Å²) in [4.78, 5) is 10.9. The summed E-state index contributed by atoms with van der Waals surface area (Å²) < 4.78 is 1.73. The van der Waals surface area contributed by atoms with Gasteiger partial charge in [-0.3, -0.25) is 4.79 Å². The van der Waals surface area contributed by atoms with E-state index in [1.165, 1.54) is 12.8 Å². The molecule has 2 fully saturated rings. The Kier molecular flexibility index (Phi) is 2.70. The number of rotatable bonds is 6. The first kappa shape index (κ1) is 10.9. The first-order valence-corrected chi connectivity index (χ1v) is 6.33. The van der Waals surface area contributed by atoms with Gasteiger partial charge in [0.25, 0.3) is 0 Å². The van der Waals surface area contributed by atoms with E-state index >= 15 is 0 Å². The van der Waals surface area contributed by atoms with Crippen molar-refractivity contribution in [2.75, 3.05) is 0 Å². The van der Waals surface area contributed by atoms with Crippen molar-refractivity contribution in [2.24, 2.45) is 11.8 Å². The molecule has 5 heteroatoms. The second-order valence-corrected chi connectivity index (χ2v) is 5.27. The highest BCUT2D eigenvalue weighted by molar-refractivity contribution is 5.73. The van der Waals surface area contributed by atoms with Crippen LogP contribution in [0.1, 0.15) is 41.9 Å². The van der Waals surface area contributed by atoms with Crippen LogP contribution >= 0.6 is 0 Å². The average Bonchev–Trinajstić information content (AvgIpc) is 3.20. The van der Waals surface area contributed by atoms with Crippen LogP contribution in [-0.2, 0) is 13.0 Å². The van der Waals surface area contributed by atoms with E-state index in [9.17, 15) is 9.90 Å². The van der Waals surface area contributed by atoms with Crippen LogP contribution in [-0.4, -0.2) is 32.5 Å². The molecule has 0 aliphatic heterocycles. The van der Waals surface area contributed by atoms with E-state index in [0.29, 0.717) is 24.1 Å². The summed E-state index contributed by atoms with van der Waals surface area (Å²) in [6.07, 6.45) is 5.98. The van der Waals surface area contributed by atoms with Gasteiger partial charge >= 0.3 is 0 Å². The van der Waals surface area contributed by atoms with Gasteiger partial charge in [-0.15, -0.1) is 5.10 Å². The zero-order chi connectivity index (χ0) is 11.8. The molecule has 1 aromatic rings. The van der Waals surface area contributed by atoms with Gasteiger partial charge in [0.05, 0.1) is 18.3 Å². The Balaban J connectivity index is 1.76. The highest BCUT2D eigenvalue weighted by Gasteiger charge is 2.32. The fourth-order valence-corrected chi connectivity index (χ4v) is 2.20. The molecule has 0 bridgehead atoms. The fraction of sp³-hybridized carbons (Fsp3) is 0.750. The van der Waals surface area contributed by atoms with Gasteiger partial charge in [-0.25, -0.2) is 4.68 Å². The number of nitrogens with zero attached hydrogens (tertiary/aromatic N) is 3. The van der Waals surface area contributed by atoms with Crippen molar-refractivity contribution in [1.29, 1.82) is 0 Å². The Labute approximate surface area is 99.8 Å². The van der Waals surface area contributed by atoms with Crippen LogP contribution in [0.2, 0.25) is 0 Å². The minimum absolute atomic E-state index is 0.339. The molecule has 0 aromatic carbocycles. The molecular formula is C12H17N3O2. The summed E-state index contributed by atoms with van der Waals surface area (Å²) in [6.45, 7) is 0.480. The topological polar surface area (TPSA) is 68.0 Å². The zero-order valence-corrected chi connectivity index (χ0v) is 9.75. The third kappa shape index (κ3) is 2.39. The highest BCUT2D eigenvalue weighted by atomic mass is 16.3. The van der Waals surface area contributed by atoms with E-state index in [2.05, 4.69) is 10.3 Å². The largest absolute Gasteiger partial charge is 0.391 e. The molecule has 0 spiro atoms. The zero-order valence-electron chi connectivity index (χ0n) is 9.75. The molecule has 2 aliphatic carbocycles. The molecule has 1 heterocycles. The van der Waals surface area contributed by atoms with E-state index in [0.717, 1.165) is 31.2 Å². The van der Waals surface area contributed by atoms with E-state index < -0.39 is 0 Å². The lowest BCUT2D eigenvalue weighted by molar-refractivity contribution is 0.111. The van der Waals surface area contributed by atoms with Crippen LogP contribution < -0.4 is 0 Å². The number of carbonyl (C=O) groups excluding carboxylic acids is 1. The Bertz CT molecular complexity index is 421. The Morgan fingerprint density at radius 2 is 2.18 bits per heavy atom. The third-order valence-electron chi connectivity index (χ3n) is 3.68. The Hall–Kier alpha value is -1.23. The predicted octanol–water partition coefficient (Wildman–Crippen LogP) is 0.814. The van der Waals surface area contributed by atoms with Crippen LogP contribution in [0.3, 0.4) is 0 Å². The van der Waals surface area contributed by atoms with Crippen molar-refractivity contribution in [2.45, 2.75) is 44.8 Å². The molecule has 92 valence electrons. The molecule has 0 amide bonds. The molecule has 1 unspecified atom stereocenters. The van der Waals surface area contributed by atoms with Crippen molar-refractivity contribution in [3.8, 4) is 0 Å². The Morgan fingerprint density at radius 1 is 1.41 bits per heavy atom. The van der Waals surface area contributed by atoms with Crippen LogP contribution in [0.25, 0.3) is 0 Å². The van der Waals surface area contributed by atoms with Gasteiger partial charge in [-0.1, -0.05) is 5.21 Å². The number of aldehydes is 1. The lowest BCUT2D eigenvalue weighted by atomic mass is 10.1. The standard InChI is InChI=1S/C12H17N3O2/c16-7-10-11(5-8-1-2-8)15(14-13-10)6-12(17)9-3-4-9/h7-9,12,17H,1-6H2. The maximum Gasteiger partial charge on any atom is 0.172 e. The SMILES string of the molecule is O=Cc1nnn(CC(O)C2CC2)c1CC1CC1. The minimum Gasteiger partial charge on any atom is -0.391 e. The molecule has 0 saturated heterocycles. The maximum atomic E-state index is 10.9. The van der Waals surface area contributed by atoms with Gasteiger partial charge in [0, 0.05) is 0 Å². The van der Waals surface area contributed by atoms with Gasteiger partial charge in [0.15, 0.2) is 6.29 Å². The molecule has 5 nitrogen and oxygen atoms in total. The maximum absolute atomic E-state index is 10.9. The minimum atomic E-state index is -0.339. The van der Waals surface area contributed by atoms with Crippen molar-refractivity contribution in [3.63, 3.8) is 0 Å². The number of hydrogen-bond donors (Lipinski definition) is 1. The molecule has 17 heavy (non-hydrogen) atoms. The van der Waals surface area contributed by atoms with Crippen molar-refractivity contribution in [1.82, 2.24) is 15.0 Å². The Morgan fingerprint density at radius 3 is 2.76 bits per heavy atom. The smallest absolute Gasteiger partial charge is 0.172 e. The van der Waals surface area contributed by atoms with Crippen molar-refractivity contribution >= 4 is 6.29 Å². The summed E-state index contributed by atoms with van der Waals surface area (Å²) >= 11 is 0. The lowest BCUT2D eigenvalue weighted by Crippen LogP contribution is -2.21. The summed E-state index contributed by atoms with van der Waals surface area (Å²) in [6, 6.07) is 0. The third-order valence-corrected chi connectivity index (χ3v) is 3.68. The van der Waals surface area contributed by atoms with Crippen LogP contribution in [0, 0.1) is 11.8 Å². The van der Waals surface area contributed by atoms with E-state index in [4.69, 9.17) is 0 Å². The second-order valence-electron chi connectivity index (χ2n) is 5.27.